The van der Waals surface area contributed by atoms with Crippen molar-refractivity contribution >= 4 is 33.8 Å². The Morgan fingerprint density at radius 2 is 1.87 bits per heavy atom. The monoisotopic (exact) mass is 238 g/mol. The Morgan fingerprint density at radius 3 is 2.40 bits per heavy atom. The third kappa shape index (κ3) is 2.49. The van der Waals surface area contributed by atoms with E-state index >= 15 is 0 Å². The van der Waals surface area contributed by atoms with E-state index in [0.717, 1.165) is 21.5 Å². The molecule has 1 N–H and O–H groups in total. The minimum Gasteiger partial charge on any atom is -0.332 e. The van der Waals surface area contributed by atoms with E-state index < -0.39 is 0 Å². The molecule has 0 saturated carbocycles. The van der Waals surface area contributed by atoms with E-state index in [2.05, 4.69) is 17.2 Å². The molecule has 1 aromatic carbocycles. The third-order valence-electron chi connectivity index (χ3n) is 2.12. The summed E-state index contributed by atoms with van der Waals surface area (Å²) in [6, 6.07) is 7.59. The molecule has 2 rings (SSSR count). The number of anilines is 2. The molecule has 0 unspecified atom stereocenters. The number of rotatable bonds is 2. The quantitative estimate of drug-likeness (QED) is 0.850. The zero-order valence-corrected chi connectivity index (χ0v) is 10.1. The van der Waals surface area contributed by atoms with Gasteiger partial charge in [-0.1, -0.05) is 11.6 Å². The van der Waals surface area contributed by atoms with Gasteiger partial charge in [0.15, 0.2) is 5.13 Å². The average molecular weight is 239 g/mol. The maximum absolute atomic E-state index is 5.80. The summed E-state index contributed by atoms with van der Waals surface area (Å²) in [6.07, 6.45) is 0. The molecule has 2 nitrogen and oxygen atoms in total. The second-order valence-corrected chi connectivity index (χ2v) is 4.93. The summed E-state index contributed by atoms with van der Waals surface area (Å²) in [6.45, 7) is 4.08. The van der Waals surface area contributed by atoms with Crippen molar-refractivity contribution in [2.75, 3.05) is 5.32 Å². The van der Waals surface area contributed by atoms with E-state index in [1.807, 2.05) is 31.2 Å². The molecule has 2 aromatic rings. The summed E-state index contributed by atoms with van der Waals surface area (Å²) in [5.74, 6) is 0. The minimum absolute atomic E-state index is 0.743. The van der Waals surface area contributed by atoms with Gasteiger partial charge in [0.2, 0.25) is 0 Å². The van der Waals surface area contributed by atoms with Crippen LogP contribution in [0.2, 0.25) is 5.02 Å². The van der Waals surface area contributed by atoms with E-state index in [0.29, 0.717) is 0 Å². The zero-order chi connectivity index (χ0) is 10.8. The lowest BCUT2D eigenvalue weighted by molar-refractivity contribution is 1.23. The topological polar surface area (TPSA) is 24.9 Å². The van der Waals surface area contributed by atoms with Gasteiger partial charge in [-0.25, -0.2) is 4.98 Å². The number of nitrogens with zero attached hydrogens (tertiary/aromatic N) is 1. The van der Waals surface area contributed by atoms with Crippen LogP contribution in [0.4, 0.5) is 10.8 Å². The average Bonchev–Trinajstić information content (AvgIpc) is 2.50. The van der Waals surface area contributed by atoms with Crippen molar-refractivity contribution in [2.45, 2.75) is 13.8 Å². The molecule has 0 fully saturated rings. The molecule has 0 aliphatic heterocycles. The second-order valence-electron chi connectivity index (χ2n) is 3.29. The lowest BCUT2D eigenvalue weighted by Crippen LogP contribution is -1.88. The summed E-state index contributed by atoms with van der Waals surface area (Å²) in [7, 11) is 0. The van der Waals surface area contributed by atoms with Crippen molar-refractivity contribution in [3.05, 3.63) is 39.9 Å². The van der Waals surface area contributed by atoms with Gasteiger partial charge in [-0.05, 0) is 38.1 Å². The molecule has 0 aliphatic carbocycles. The molecule has 0 aliphatic rings. The van der Waals surface area contributed by atoms with E-state index in [4.69, 9.17) is 11.6 Å². The number of thiazole rings is 1. The van der Waals surface area contributed by atoms with Crippen molar-refractivity contribution in [1.29, 1.82) is 0 Å². The van der Waals surface area contributed by atoms with Crippen LogP contribution in [0.15, 0.2) is 24.3 Å². The molecule has 1 heterocycles. The summed E-state index contributed by atoms with van der Waals surface area (Å²) in [4.78, 5) is 5.64. The Bertz CT molecular complexity index is 442. The van der Waals surface area contributed by atoms with Crippen molar-refractivity contribution < 1.29 is 0 Å². The first-order valence-electron chi connectivity index (χ1n) is 4.62. The van der Waals surface area contributed by atoms with Gasteiger partial charge < -0.3 is 5.32 Å². The van der Waals surface area contributed by atoms with Crippen LogP contribution in [0.5, 0.6) is 0 Å². The van der Waals surface area contributed by atoms with Crippen molar-refractivity contribution in [2.24, 2.45) is 0 Å². The standard InChI is InChI=1S/C11H11ClN2S/c1-7-8(2)15-11(13-7)14-10-5-3-9(12)4-6-10/h3-6H,1-2H3,(H,13,14). The lowest BCUT2D eigenvalue weighted by atomic mass is 10.3. The van der Waals surface area contributed by atoms with Gasteiger partial charge in [-0.3, -0.25) is 0 Å². The number of aromatic nitrogens is 1. The van der Waals surface area contributed by atoms with Crippen LogP contribution < -0.4 is 5.32 Å². The first kappa shape index (κ1) is 10.5. The molecule has 15 heavy (non-hydrogen) atoms. The van der Waals surface area contributed by atoms with Gasteiger partial charge in [0, 0.05) is 15.6 Å². The normalized spacial score (nSPS) is 10.3. The molecule has 0 saturated heterocycles. The fourth-order valence-electron chi connectivity index (χ4n) is 1.18. The number of halogens is 1. The van der Waals surface area contributed by atoms with Crippen LogP contribution in [0.3, 0.4) is 0 Å². The smallest absolute Gasteiger partial charge is 0.187 e. The molecule has 0 amide bonds. The van der Waals surface area contributed by atoms with E-state index in [1.54, 1.807) is 11.3 Å². The molecule has 0 atom stereocenters. The van der Waals surface area contributed by atoms with Crippen molar-refractivity contribution in [3.8, 4) is 0 Å². The Morgan fingerprint density at radius 1 is 1.20 bits per heavy atom. The van der Waals surface area contributed by atoms with Crippen LogP contribution in [-0.4, -0.2) is 4.98 Å². The van der Waals surface area contributed by atoms with Gasteiger partial charge in [0.25, 0.3) is 0 Å². The highest BCUT2D eigenvalue weighted by Gasteiger charge is 2.03. The van der Waals surface area contributed by atoms with Crippen molar-refractivity contribution in [3.63, 3.8) is 0 Å². The number of aryl methyl sites for hydroxylation is 2. The maximum Gasteiger partial charge on any atom is 0.187 e. The molecule has 0 bridgehead atoms. The summed E-state index contributed by atoms with van der Waals surface area (Å²) in [5.41, 5.74) is 2.09. The van der Waals surface area contributed by atoms with E-state index in [9.17, 15) is 0 Å². The molecule has 4 heteroatoms. The molecule has 0 spiro atoms. The first-order valence-corrected chi connectivity index (χ1v) is 5.81. The zero-order valence-electron chi connectivity index (χ0n) is 8.54. The Labute approximate surface area is 97.9 Å². The largest absolute Gasteiger partial charge is 0.332 e. The van der Waals surface area contributed by atoms with Crippen LogP contribution >= 0.6 is 22.9 Å². The van der Waals surface area contributed by atoms with Crippen LogP contribution in [0.25, 0.3) is 0 Å². The second kappa shape index (κ2) is 4.21. The lowest BCUT2D eigenvalue weighted by Gasteiger charge is -2.01. The van der Waals surface area contributed by atoms with E-state index in [-0.39, 0.29) is 0 Å². The van der Waals surface area contributed by atoms with E-state index in [1.165, 1.54) is 4.88 Å². The Balaban J connectivity index is 2.18. The maximum atomic E-state index is 5.80. The molecular weight excluding hydrogens is 228 g/mol. The number of hydrogen-bond acceptors (Lipinski definition) is 3. The molecule has 78 valence electrons. The van der Waals surface area contributed by atoms with Gasteiger partial charge in [0.1, 0.15) is 0 Å². The number of nitrogens with one attached hydrogen (secondary N) is 1. The van der Waals surface area contributed by atoms with Crippen molar-refractivity contribution in [1.82, 2.24) is 4.98 Å². The molecule has 1 aromatic heterocycles. The molecule has 0 radical (unpaired) electrons. The first-order chi connectivity index (χ1) is 7.15. The summed E-state index contributed by atoms with van der Waals surface area (Å²) in [5, 5.41) is 4.91. The summed E-state index contributed by atoms with van der Waals surface area (Å²) >= 11 is 7.46. The predicted molar refractivity (Wildman–Crippen MR) is 66.3 cm³/mol. The molecular formula is C11H11ClN2S. The van der Waals surface area contributed by atoms with Crippen LogP contribution in [0, 0.1) is 13.8 Å². The fraction of sp³-hybridized carbons (Fsp3) is 0.182. The van der Waals surface area contributed by atoms with Crippen LogP contribution in [0.1, 0.15) is 10.6 Å². The predicted octanol–water partition coefficient (Wildman–Crippen LogP) is 4.16. The minimum atomic E-state index is 0.743. The highest BCUT2D eigenvalue weighted by Crippen LogP contribution is 2.25. The highest BCUT2D eigenvalue weighted by atomic mass is 35.5. The Hall–Kier alpha value is -1.06. The van der Waals surface area contributed by atoms with Gasteiger partial charge in [-0.2, -0.15) is 0 Å². The fourth-order valence-corrected chi connectivity index (χ4v) is 2.14. The van der Waals surface area contributed by atoms with Gasteiger partial charge in [0.05, 0.1) is 5.69 Å². The van der Waals surface area contributed by atoms with Gasteiger partial charge >= 0.3 is 0 Å². The Kier molecular flexibility index (Phi) is 2.93. The van der Waals surface area contributed by atoms with Gasteiger partial charge in [-0.15, -0.1) is 11.3 Å². The highest BCUT2D eigenvalue weighted by molar-refractivity contribution is 7.15. The third-order valence-corrected chi connectivity index (χ3v) is 3.36. The number of hydrogen-bond donors (Lipinski definition) is 1. The number of benzene rings is 1. The summed E-state index contributed by atoms with van der Waals surface area (Å²) < 4.78 is 0. The van der Waals surface area contributed by atoms with Crippen LogP contribution in [-0.2, 0) is 0 Å². The SMILES string of the molecule is Cc1nc(Nc2ccc(Cl)cc2)sc1C.